The molecule has 0 saturated carbocycles. The Bertz CT molecular complexity index is 489. The number of nitrogens with zero attached hydrogens (tertiary/aromatic N) is 2. The van der Waals surface area contributed by atoms with Gasteiger partial charge in [-0.05, 0) is 6.92 Å². The van der Waals surface area contributed by atoms with Crippen LogP contribution in [0.1, 0.15) is 16.1 Å². The molecular formula is C8H9N3O2S. The Morgan fingerprint density at radius 3 is 2.79 bits per heavy atom. The van der Waals surface area contributed by atoms with E-state index in [2.05, 4.69) is 4.98 Å². The molecule has 5 nitrogen and oxygen atoms in total. The second-order valence-corrected chi connectivity index (χ2v) is 4.05. The van der Waals surface area contributed by atoms with Gasteiger partial charge >= 0.3 is 5.97 Å². The van der Waals surface area contributed by atoms with Crippen LogP contribution >= 0.6 is 11.3 Å². The lowest BCUT2D eigenvalue weighted by Crippen LogP contribution is -2.05. The van der Waals surface area contributed by atoms with Gasteiger partial charge in [0.25, 0.3) is 0 Å². The van der Waals surface area contributed by atoms with Gasteiger partial charge in [0, 0.05) is 12.6 Å². The van der Waals surface area contributed by atoms with E-state index in [-0.39, 0.29) is 5.69 Å². The number of aromatic carboxylic acids is 1. The summed E-state index contributed by atoms with van der Waals surface area (Å²) in [5, 5.41) is 9.42. The zero-order valence-electron chi connectivity index (χ0n) is 7.74. The minimum Gasteiger partial charge on any atom is -0.477 e. The summed E-state index contributed by atoms with van der Waals surface area (Å²) in [6.07, 6.45) is 0. The average molecular weight is 211 g/mol. The van der Waals surface area contributed by atoms with Gasteiger partial charge in [-0.3, -0.25) is 0 Å². The molecule has 0 saturated heterocycles. The van der Waals surface area contributed by atoms with E-state index in [0.717, 1.165) is 4.83 Å². The van der Waals surface area contributed by atoms with Crippen molar-refractivity contribution in [3.8, 4) is 0 Å². The summed E-state index contributed by atoms with van der Waals surface area (Å²) in [6.45, 7) is 1.74. The Kier molecular flexibility index (Phi) is 1.75. The molecule has 2 aromatic heterocycles. The number of carbonyl (C=O) groups is 1. The van der Waals surface area contributed by atoms with E-state index in [1.807, 2.05) is 0 Å². The van der Waals surface area contributed by atoms with Crippen LogP contribution in [0.4, 0.5) is 5.13 Å². The van der Waals surface area contributed by atoms with Gasteiger partial charge in [0.1, 0.15) is 16.0 Å². The van der Waals surface area contributed by atoms with Crippen molar-refractivity contribution < 1.29 is 9.90 Å². The fourth-order valence-electron chi connectivity index (χ4n) is 1.57. The lowest BCUT2D eigenvalue weighted by Gasteiger charge is -1.97. The van der Waals surface area contributed by atoms with Gasteiger partial charge in [-0.15, -0.1) is 0 Å². The number of nitrogens with two attached hydrogens (primary N) is 1. The van der Waals surface area contributed by atoms with Gasteiger partial charge < -0.3 is 15.4 Å². The Morgan fingerprint density at radius 2 is 2.29 bits per heavy atom. The summed E-state index contributed by atoms with van der Waals surface area (Å²) in [5.41, 5.74) is 7.18. The molecule has 0 aliphatic heterocycles. The quantitative estimate of drug-likeness (QED) is 0.743. The summed E-state index contributed by atoms with van der Waals surface area (Å²) >= 11 is 1.30. The van der Waals surface area contributed by atoms with Gasteiger partial charge in [0.05, 0.1) is 0 Å². The lowest BCUT2D eigenvalue weighted by atomic mass is 10.2. The van der Waals surface area contributed by atoms with E-state index in [0.29, 0.717) is 16.2 Å². The van der Waals surface area contributed by atoms with Crippen LogP contribution in [0, 0.1) is 6.92 Å². The first-order valence-corrected chi connectivity index (χ1v) is 4.78. The van der Waals surface area contributed by atoms with Crippen molar-refractivity contribution in [2.45, 2.75) is 6.92 Å². The standard InChI is InChI=1S/C8H9N3O2S/c1-3-4-6(14-8(9)10-4)11(2)5(3)7(12)13/h1-2H3,(H2,9,10)(H,12,13). The smallest absolute Gasteiger partial charge is 0.352 e. The number of carboxylic acids is 1. The number of thiazole rings is 1. The van der Waals surface area contributed by atoms with Crippen molar-refractivity contribution in [3.63, 3.8) is 0 Å². The molecule has 0 radical (unpaired) electrons. The molecule has 3 N–H and O–H groups in total. The largest absolute Gasteiger partial charge is 0.477 e. The van der Waals surface area contributed by atoms with Crippen molar-refractivity contribution in [3.05, 3.63) is 11.3 Å². The maximum atomic E-state index is 10.9. The summed E-state index contributed by atoms with van der Waals surface area (Å²) < 4.78 is 1.61. The number of hydrogen-bond donors (Lipinski definition) is 2. The van der Waals surface area contributed by atoms with E-state index in [4.69, 9.17) is 10.8 Å². The molecule has 0 fully saturated rings. The highest BCUT2D eigenvalue weighted by Gasteiger charge is 2.20. The van der Waals surface area contributed by atoms with Crippen molar-refractivity contribution >= 4 is 32.8 Å². The van der Waals surface area contributed by atoms with Gasteiger partial charge in [0.15, 0.2) is 5.13 Å². The normalized spacial score (nSPS) is 11.0. The fourth-order valence-corrected chi connectivity index (χ4v) is 2.43. The minimum atomic E-state index is -0.936. The zero-order chi connectivity index (χ0) is 10.5. The van der Waals surface area contributed by atoms with E-state index in [1.54, 1.807) is 18.5 Å². The number of aryl methyl sites for hydroxylation is 2. The van der Waals surface area contributed by atoms with Crippen LogP contribution in [0.3, 0.4) is 0 Å². The zero-order valence-corrected chi connectivity index (χ0v) is 8.55. The molecule has 14 heavy (non-hydrogen) atoms. The second-order valence-electron chi connectivity index (χ2n) is 3.04. The number of nitrogen functional groups attached to an aromatic ring is 1. The van der Waals surface area contributed by atoms with Crippen LogP contribution in [-0.4, -0.2) is 20.6 Å². The summed E-state index contributed by atoms with van der Waals surface area (Å²) in [4.78, 5) is 15.8. The third kappa shape index (κ3) is 1.00. The first-order chi connectivity index (χ1) is 6.52. The van der Waals surface area contributed by atoms with Gasteiger partial charge in [-0.1, -0.05) is 11.3 Å². The van der Waals surface area contributed by atoms with E-state index in [1.165, 1.54) is 11.3 Å². The molecule has 0 aliphatic carbocycles. The Morgan fingerprint density at radius 1 is 1.64 bits per heavy atom. The molecule has 0 amide bonds. The third-order valence-electron chi connectivity index (χ3n) is 2.18. The Labute approximate surface area is 83.8 Å². The Balaban J connectivity index is 2.88. The highest BCUT2D eigenvalue weighted by atomic mass is 32.1. The van der Waals surface area contributed by atoms with Gasteiger partial charge in [-0.25, -0.2) is 9.78 Å². The number of rotatable bonds is 1. The van der Waals surface area contributed by atoms with Crippen LogP contribution in [-0.2, 0) is 7.05 Å². The van der Waals surface area contributed by atoms with Gasteiger partial charge in [0.2, 0.25) is 0 Å². The third-order valence-corrected chi connectivity index (χ3v) is 3.14. The topological polar surface area (TPSA) is 81.1 Å². The lowest BCUT2D eigenvalue weighted by molar-refractivity contribution is 0.0686. The monoisotopic (exact) mass is 211 g/mol. The minimum absolute atomic E-state index is 0.277. The Hall–Kier alpha value is -1.56. The number of carboxylic acid groups (broad SMARTS) is 1. The van der Waals surface area contributed by atoms with E-state index < -0.39 is 5.97 Å². The molecule has 0 aliphatic rings. The first-order valence-electron chi connectivity index (χ1n) is 3.97. The molecule has 0 bridgehead atoms. The molecule has 0 aromatic carbocycles. The molecule has 0 unspecified atom stereocenters. The second kappa shape index (κ2) is 2.71. The molecule has 2 aromatic rings. The molecule has 0 atom stereocenters. The van der Waals surface area contributed by atoms with E-state index >= 15 is 0 Å². The molecule has 6 heteroatoms. The summed E-state index contributed by atoms with van der Waals surface area (Å²) in [6, 6.07) is 0. The number of anilines is 1. The molecule has 2 heterocycles. The van der Waals surface area contributed by atoms with Crippen LogP contribution in [0.5, 0.6) is 0 Å². The van der Waals surface area contributed by atoms with Crippen LogP contribution < -0.4 is 5.73 Å². The fraction of sp³-hybridized carbons (Fsp3) is 0.250. The van der Waals surface area contributed by atoms with E-state index in [9.17, 15) is 4.79 Å². The molecule has 0 spiro atoms. The number of aromatic nitrogens is 2. The summed E-state index contributed by atoms with van der Waals surface area (Å²) in [5.74, 6) is -0.936. The van der Waals surface area contributed by atoms with Crippen LogP contribution in [0.25, 0.3) is 10.3 Å². The molecule has 2 rings (SSSR count). The number of fused-ring (bicyclic) bond motifs is 1. The van der Waals surface area contributed by atoms with Crippen molar-refractivity contribution in [1.82, 2.24) is 9.55 Å². The average Bonchev–Trinajstić information content (AvgIpc) is 2.54. The number of hydrogen-bond acceptors (Lipinski definition) is 4. The maximum Gasteiger partial charge on any atom is 0.352 e. The SMILES string of the molecule is Cc1c(C(=O)O)n(C)c2sc(N)nc12. The predicted octanol–water partition coefficient (Wildman–Crippen LogP) is 1.22. The highest BCUT2D eigenvalue weighted by Crippen LogP contribution is 2.30. The van der Waals surface area contributed by atoms with Gasteiger partial charge in [-0.2, -0.15) is 0 Å². The predicted molar refractivity (Wildman–Crippen MR) is 54.7 cm³/mol. The van der Waals surface area contributed by atoms with Crippen molar-refractivity contribution in [2.75, 3.05) is 5.73 Å². The van der Waals surface area contributed by atoms with Crippen LogP contribution in [0.15, 0.2) is 0 Å². The van der Waals surface area contributed by atoms with Crippen molar-refractivity contribution in [1.29, 1.82) is 0 Å². The van der Waals surface area contributed by atoms with Crippen molar-refractivity contribution in [2.24, 2.45) is 7.05 Å². The maximum absolute atomic E-state index is 10.9. The molecular weight excluding hydrogens is 202 g/mol. The first kappa shape index (κ1) is 9.01. The van der Waals surface area contributed by atoms with Crippen LogP contribution in [0.2, 0.25) is 0 Å². The highest BCUT2D eigenvalue weighted by molar-refractivity contribution is 7.21. The summed E-state index contributed by atoms with van der Waals surface area (Å²) in [7, 11) is 1.70. The molecule has 74 valence electrons.